The zero-order valence-electron chi connectivity index (χ0n) is 8.03. The summed E-state index contributed by atoms with van der Waals surface area (Å²) in [7, 11) is 1.61. The molecular formula is C11H12O3. The summed E-state index contributed by atoms with van der Waals surface area (Å²) in [5, 5.41) is 0. The molecule has 2 rings (SSSR count). The monoisotopic (exact) mass is 192 g/mol. The summed E-state index contributed by atoms with van der Waals surface area (Å²) in [6.45, 7) is 0.832. The molecule has 14 heavy (non-hydrogen) atoms. The number of hydrogen-bond donors (Lipinski definition) is 0. The van der Waals surface area contributed by atoms with Crippen molar-refractivity contribution >= 4 is 6.29 Å². The molecule has 1 saturated heterocycles. The van der Waals surface area contributed by atoms with Crippen LogP contribution >= 0.6 is 0 Å². The molecule has 1 unspecified atom stereocenters. The largest absolute Gasteiger partial charge is 0.496 e. The molecule has 1 aromatic carbocycles. The lowest BCUT2D eigenvalue weighted by Crippen LogP contribution is -1.98. The minimum absolute atomic E-state index is 0.339. The Morgan fingerprint density at radius 2 is 2.43 bits per heavy atom. The Bertz CT molecular complexity index is 342. The first-order valence-electron chi connectivity index (χ1n) is 4.57. The van der Waals surface area contributed by atoms with Crippen LogP contribution in [0.1, 0.15) is 15.9 Å². The van der Waals surface area contributed by atoms with E-state index in [9.17, 15) is 4.79 Å². The number of aldehydes is 1. The maximum atomic E-state index is 10.5. The zero-order chi connectivity index (χ0) is 9.97. The number of carbonyl (C=O) groups excluding carboxylic acids is 1. The molecule has 0 aliphatic carbocycles. The van der Waals surface area contributed by atoms with E-state index in [1.54, 1.807) is 19.2 Å². The van der Waals surface area contributed by atoms with E-state index in [0.717, 1.165) is 30.6 Å². The SMILES string of the molecule is COc1cc(C=O)ccc1CC1CO1. The van der Waals surface area contributed by atoms with Gasteiger partial charge in [0.05, 0.1) is 19.8 Å². The quantitative estimate of drug-likeness (QED) is 0.535. The van der Waals surface area contributed by atoms with E-state index >= 15 is 0 Å². The van der Waals surface area contributed by atoms with E-state index < -0.39 is 0 Å². The average Bonchev–Trinajstić information content (AvgIpc) is 3.02. The molecule has 1 heterocycles. The van der Waals surface area contributed by atoms with Gasteiger partial charge in [-0.1, -0.05) is 12.1 Å². The summed E-state index contributed by atoms with van der Waals surface area (Å²) >= 11 is 0. The van der Waals surface area contributed by atoms with Crippen molar-refractivity contribution in [3.63, 3.8) is 0 Å². The van der Waals surface area contributed by atoms with Crippen LogP contribution in [0.4, 0.5) is 0 Å². The first-order valence-corrected chi connectivity index (χ1v) is 4.57. The standard InChI is InChI=1S/C11H12O3/c1-13-11-4-8(6-12)2-3-9(11)5-10-7-14-10/h2-4,6,10H,5,7H2,1H3. The van der Waals surface area contributed by atoms with Crippen molar-refractivity contribution in [3.8, 4) is 5.75 Å². The smallest absolute Gasteiger partial charge is 0.150 e. The van der Waals surface area contributed by atoms with Crippen LogP contribution < -0.4 is 4.74 Å². The summed E-state index contributed by atoms with van der Waals surface area (Å²) in [4.78, 5) is 10.5. The molecule has 0 aromatic heterocycles. The fraction of sp³-hybridized carbons (Fsp3) is 0.364. The van der Waals surface area contributed by atoms with Crippen LogP contribution in [0.5, 0.6) is 5.75 Å². The summed E-state index contributed by atoms with van der Waals surface area (Å²) < 4.78 is 10.3. The van der Waals surface area contributed by atoms with E-state index in [1.807, 2.05) is 6.07 Å². The number of ether oxygens (including phenoxy) is 2. The van der Waals surface area contributed by atoms with Gasteiger partial charge in [0.2, 0.25) is 0 Å². The second-order valence-electron chi connectivity index (χ2n) is 3.35. The van der Waals surface area contributed by atoms with Crippen LogP contribution in [0.25, 0.3) is 0 Å². The number of rotatable bonds is 4. The first kappa shape index (κ1) is 9.21. The Labute approximate surface area is 82.6 Å². The second kappa shape index (κ2) is 3.80. The van der Waals surface area contributed by atoms with Crippen LogP contribution in [-0.4, -0.2) is 26.1 Å². The Morgan fingerprint density at radius 3 is 3.00 bits per heavy atom. The minimum Gasteiger partial charge on any atom is -0.496 e. The normalized spacial score (nSPS) is 19.1. The van der Waals surface area contributed by atoms with Crippen molar-refractivity contribution in [2.75, 3.05) is 13.7 Å². The van der Waals surface area contributed by atoms with Crippen LogP contribution in [0, 0.1) is 0 Å². The molecule has 3 nitrogen and oxygen atoms in total. The van der Waals surface area contributed by atoms with E-state index in [2.05, 4.69) is 0 Å². The van der Waals surface area contributed by atoms with Crippen molar-refractivity contribution in [2.24, 2.45) is 0 Å². The highest BCUT2D eigenvalue weighted by Crippen LogP contribution is 2.25. The van der Waals surface area contributed by atoms with Gasteiger partial charge in [-0.15, -0.1) is 0 Å². The second-order valence-corrected chi connectivity index (χ2v) is 3.35. The highest BCUT2D eigenvalue weighted by molar-refractivity contribution is 5.75. The van der Waals surface area contributed by atoms with Crippen LogP contribution in [0.15, 0.2) is 18.2 Å². The van der Waals surface area contributed by atoms with Crippen molar-refractivity contribution in [3.05, 3.63) is 29.3 Å². The Balaban J connectivity index is 2.23. The molecular weight excluding hydrogens is 180 g/mol. The van der Waals surface area contributed by atoms with Gasteiger partial charge in [0.15, 0.2) is 0 Å². The molecule has 0 spiro atoms. The molecule has 0 amide bonds. The Hall–Kier alpha value is -1.35. The highest BCUT2D eigenvalue weighted by atomic mass is 16.6. The third-order valence-electron chi connectivity index (χ3n) is 2.30. The van der Waals surface area contributed by atoms with Gasteiger partial charge in [0, 0.05) is 12.0 Å². The highest BCUT2D eigenvalue weighted by Gasteiger charge is 2.24. The molecule has 0 saturated carbocycles. The predicted molar refractivity (Wildman–Crippen MR) is 51.8 cm³/mol. The van der Waals surface area contributed by atoms with Gasteiger partial charge in [0.25, 0.3) is 0 Å². The van der Waals surface area contributed by atoms with E-state index in [-0.39, 0.29) is 0 Å². The predicted octanol–water partition coefficient (Wildman–Crippen LogP) is 1.45. The summed E-state index contributed by atoms with van der Waals surface area (Å²) in [6.07, 6.45) is 2.02. The molecule has 0 N–H and O–H groups in total. The molecule has 1 aromatic rings. The zero-order valence-corrected chi connectivity index (χ0v) is 8.03. The van der Waals surface area contributed by atoms with Crippen molar-refractivity contribution in [1.29, 1.82) is 0 Å². The molecule has 1 atom stereocenters. The number of methoxy groups -OCH3 is 1. The number of epoxide rings is 1. The lowest BCUT2D eigenvalue weighted by atomic mass is 10.1. The van der Waals surface area contributed by atoms with Gasteiger partial charge >= 0.3 is 0 Å². The first-order chi connectivity index (χ1) is 6.83. The van der Waals surface area contributed by atoms with Crippen molar-refractivity contribution in [1.82, 2.24) is 0 Å². The molecule has 1 aliphatic rings. The molecule has 3 heteroatoms. The molecule has 0 radical (unpaired) electrons. The fourth-order valence-corrected chi connectivity index (χ4v) is 1.43. The lowest BCUT2D eigenvalue weighted by molar-refractivity contribution is 0.112. The van der Waals surface area contributed by atoms with Gasteiger partial charge in [-0.25, -0.2) is 0 Å². The van der Waals surface area contributed by atoms with Crippen molar-refractivity contribution in [2.45, 2.75) is 12.5 Å². The summed E-state index contributed by atoms with van der Waals surface area (Å²) in [6, 6.07) is 5.47. The third-order valence-corrected chi connectivity index (χ3v) is 2.30. The van der Waals surface area contributed by atoms with Gasteiger partial charge in [-0.2, -0.15) is 0 Å². The average molecular weight is 192 g/mol. The van der Waals surface area contributed by atoms with Crippen LogP contribution in [0.3, 0.4) is 0 Å². The van der Waals surface area contributed by atoms with E-state index in [4.69, 9.17) is 9.47 Å². The van der Waals surface area contributed by atoms with Gasteiger partial charge < -0.3 is 9.47 Å². The molecule has 0 bridgehead atoms. The van der Waals surface area contributed by atoms with Gasteiger partial charge in [0.1, 0.15) is 12.0 Å². The Kier molecular flexibility index (Phi) is 2.50. The fourth-order valence-electron chi connectivity index (χ4n) is 1.43. The minimum atomic E-state index is 0.339. The third kappa shape index (κ3) is 1.93. The number of benzene rings is 1. The van der Waals surface area contributed by atoms with E-state index in [1.165, 1.54) is 0 Å². The number of carbonyl (C=O) groups is 1. The Morgan fingerprint density at radius 1 is 1.64 bits per heavy atom. The molecule has 1 aliphatic heterocycles. The van der Waals surface area contributed by atoms with Gasteiger partial charge in [-0.05, 0) is 11.6 Å². The maximum absolute atomic E-state index is 10.5. The molecule has 1 fully saturated rings. The topological polar surface area (TPSA) is 38.8 Å². The van der Waals surface area contributed by atoms with Crippen molar-refractivity contribution < 1.29 is 14.3 Å². The van der Waals surface area contributed by atoms with Gasteiger partial charge in [-0.3, -0.25) is 4.79 Å². The lowest BCUT2D eigenvalue weighted by Gasteiger charge is -2.07. The summed E-state index contributed by atoms with van der Waals surface area (Å²) in [5.41, 5.74) is 1.74. The van der Waals surface area contributed by atoms with Crippen LogP contribution in [0.2, 0.25) is 0 Å². The maximum Gasteiger partial charge on any atom is 0.150 e. The van der Waals surface area contributed by atoms with E-state index in [0.29, 0.717) is 11.7 Å². The van der Waals surface area contributed by atoms with Crippen LogP contribution in [-0.2, 0) is 11.2 Å². The number of hydrogen-bond acceptors (Lipinski definition) is 3. The molecule has 74 valence electrons. The summed E-state index contributed by atoms with van der Waals surface area (Å²) in [5.74, 6) is 0.769.